The van der Waals surface area contributed by atoms with Gasteiger partial charge in [-0.05, 0) is 72.6 Å². The van der Waals surface area contributed by atoms with Crippen molar-refractivity contribution >= 4 is 5.78 Å². The van der Waals surface area contributed by atoms with Crippen LogP contribution in [-0.4, -0.2) is 173 Å². The zero-order valence-corrected chi connectivity index (χ0v) is 40.9. The third-order valence-corrected chi connectivity index (χ3v) is 17.6. The average molecular weight is 939 g/mol. The van der Waals surface area contributed by atoms with Gasteiger partial charge in [0, 0.05) is 78.8 Å². The van der Waals surface area contributed by atoms with E-state index in [1.54, 1.807) is 35.4 Å². The normalized spacial score (nSPS) is 54.0. The minimum atomic E-state index is -0.800. The van der Waals surface area contributed by atoms with E-state index >= 15 is 0 Å². The van der Waals surface area contributed by atoms with Gasteiger partial charge in [0.1, 0.15) is 30.2 Å². The first-order valence-electron chi connectivity index (χ1n) is 24.7. The Hall–Kier alpha value is -1.23. The molecular formula is C49H78O17. The molecule has 0 aromatic heterocycles. The molecule has 376 valence electrons. The Morgan fingerprint density at radius 1 is 0.606 bits per heavy atom. The van der Waals surface area contributed by atoms with E-state index in [2.05, 4.69) is 26.8 Å². The zero-order chi connectivity index (χ0) is 47.0. The van der Waals surface area contributed by atoms with Gasteiger partial charge < -0.3 is 76.5 Å². The summed E-state index contributed by atoms with van der Waals surface area (Å²) in [5, 5.41) is 22.3. The van der Waals surface area contributed by atoms with Gasteiger partial charge in [0.05, 0.1) is 78.7 Å². The van der Waals surface area contributed by atoms with Crippen molar-refractivity contribution < 1.29 is 81.3 Å². The van der Waals surface area contributed by atoms with E-state index in [-0.39, 0.29) is 53.6 Å². The summed E-state index contributed by atoms with van der Waals surface area (Å²) in [5.41, 5.74) is 0.320. The van der Waals surface area contributed by atoms with Gasteiger partial charge in [0.25, 0.3) is 0 Å². The largest absolute Gasteiger partial charge is 0.390 e. The van der Waals surface area contributed by atoms with Crippen LogP contribution in [0.4, 0.5) is 0 Å². The quantitative estimate of drug-likeness (QED) is 0.261. The van der Waals surface area contributed by atoms with Gasteiger partial charge in [0.15, 0.2) is 30.9 Å². The molecular weight excluding hydrogens is 861 g/mol. The first kappa shape index (κ1) is 49.7. The highest BCUT2D eigenvalue weighted by molar-refractivity contribution is 5.88. The predicted octanol–water partition coefficient (Wildman–Crippen LogP) is 4.48. The van der Waals surface area contributed by atoms with Gasteiger partial charge in [-0.25, -0.2) is 0 Å². The molecule has 25 atom stereocenters. The lowest BCUT2D eigenvalue weighted by Gasteiger charge is -2.54. The van der Waals surface area contributed by atoms with E-state index < -0.39 is 104 Å². The summed E-state index contributed by atoms with van der Waals surface area (Å²) in [6.45, 7) is 14.0. The molecule has 8 fully saturated rings. The van der Waals surface area contributed by atoms with Crippen molar-refractivity contribution in [3.8, 4) is 0 Å². The molecule has 2 bridgehead atoms. The standard InChI is InChI=1S/C49H78O17/c1-23-29-12-13-37(51)48(29,7)38-21-36-47(6)22-30(50)31(16-28(47)14-15-49(36,65-23)66-38)61-39-18-33(54-9)44(25(3)58-39)63-41-20-35(56-11)46(27(5)60-41)64-42-19-34(55-10)45(26(4)59-42)62-40-17-32(53-8)43(52)24(2)57-40/h14,23-27,29-36,38-46,50,52H,12-13,15-22H2,1-11H3/t23-,24+,25+,26+,27+,29-,30+,31+,32+,33+,34+,35-,36+,38+,39-,40-,41-,42-,43+,44+,45+,46+,47-,48+,49-/m0/s1. The van der Waals surface area contributed by atoms with Gasteiger partial charge >= 0.3 is 0 Å². The van der Waals surface area contributed by atoms with E-state index in [0.717, 1.165) is 12.8 Å². The van der Waals surface area contributed by atoms with E-state index in [0.29, 0.717) is 51.4 Å². The molecule has 9 rings (SSSR count). The number of carbonyl (C=O) groups excluding carboxylic acids is 1. The number of hydrogen-bond acceptors (Lipinski definition) is 17. The molecule has 2 N–H and O–H groups in total. The Balaban J connectivity index is 0.781. The minimum Gasteiger partial charge on any atom is -0.390 e. The Morgan fingerprint density at radius 2 is 1.09 bits per heavy atom. The highest BCUT2D eigenvalue weighted by Gasteiger charge is 2.69. The molecule has 0 amide bonds. The monoisotopic (exact) mass is 939 g/mol. The van der Waals surface area contributed by atoms with E-state index in [1.807, 2.05) is 20.8 Å². The molecule has 0 unspecified atom stereocenters. The molecule has 0 aromatic carbocycles. The van der Waals surface area contributed by atoms with Crippen LogP contribution < -0.4 is 0 Å². The van der Waals surface area contributed by atoms with Crippen LogP contribution in [0.25, 0.3) is 0 Å². The zero-order valence-electron chi connectivity index (χ0n) is 40.9. The molecule has 0 radical (unpaired) electrons. The van der Waals surface area contributed by atoms with Crippen molar-refractivity contribution in [1.82, 2.24) is 0 Å². The van der Waals surface area contributed by atoms with E-state index in [9.17, 15) is 15.0 Å². The highest BCUT2D eigenvalue weighted by atomic mass is 16.8. The minimum absolute atomic E-state index is 0.0134. The number of aliphatic hydroxyl groups is 2. The number of rotatable bonds is 12. The maximum absolute atomic E-state index is 13.4. The lowest BCUT2D eigenvalue weighted by molar-refractivity contribution is -0.348. The predicted molar refractivity (Wildman–Crippen MR) is 233 cm³/mol. The summed E-state index contributed by atoms with van der Waals surface area (Å²) in [6, 6.07) is 0. The molecule has 17 nitrogen and oxygen atoms in total. The molecule has 2 saturated carbocycles. The topological polar surface area (TPSA) is 187 Å². The van der Waals surface area contributed by atoms with Crippen molar-refractivity contribution in [2.24, 2.45) is 22.7 Å². The molecule has 6 saturated heterocycles. The van der Waals surface area contributed by atoms with Crippen molar-refractivity contribution in [2.75, 3.05) is 28.4 Å². The van der Waals surface area contributed by atoms with Gasteiger partial charge in [-0.2, -0.15) is 0 Å². The van der Waals surface area contributed by atoms with Crippen LogP contribution in [0.3, 0.4) is 0 Å². The smallest absolute Gasteiger partial charge is 0.176 e. The van der Waals surface area contributed by atoms with Gasteiger partial charge in [0.2, 0.25) is 0 Å². The number of fused-ring (bicyclic) bond motifs is 5. The van der Waals surface area contributed by atoms with E-state index in [4.69, 9.17) is 66.3 Å². The first-order chi connectivity index (χ1) is 31.4. The van der Waals surface area contributed by atoms with Crippen LogP contribution in [-0.2, 0) is 71.1 Å². The Labute approximate surface area is 390 Å². The first-order valence-corrected chi connectivity index (χ1v) is 24.7. The lowest BCUT2D eigenvalue weighted by Crippen LogP contribution is -2.58. The Kier molecular flexibility index (Phi) is 14.6. The summed E-state index contributed by atoms with van der Waals surface area (Å²) < 4.78 is 88.8. The van der Waals surface area contributed by atoms with Gasteiger partial charge in [-0.15, -0.1) is 0 Å². The highest BCUT2D eigenvalue weighted by Crippen LogP contribution is 2.66. The Morgan fingerprint density at radius 3 is 1.61 bits per heavy atom. The SMILES string of the molecule is CO[C@H]1C[C@H](O[C@@H]2[C@@H](C)O[C@@H](O[C@@H]3CC4=CC[C@@]56O[C@@H](C)[C@@H]7CCC(=O)[C@]7(C)[C@@H](C[C@@H]5[C@@]4(C)C[C@H]3O)O6)C[C@H]2OC)O[C@H](C)[C@H]1O[C@H]1C[C@@H](OC)[C@H](O[C@H]2C[C@@H](OC)[C@H](O)[C@@H](C)O2)[C@@H](C)O1. The van der Waals surface area contributed by atoms with Crippen molar-refractivity contribution in [3.63, 3.8) is 0 Å². The summed E-state index contributed by atoms with van der Waals surface area (Å²) in [6.07, 6.45) is -1.63. The molecule has 17 heteroatoms. The number of ether oxygens (including phenoxy) is 14. The van der Waals surface area contributed by atoms with Gasteiger partial charge in [-0.3, -0.25) is 4.79 Å². The van der Waals surface area contributed by atoms with Crippen LogP contribution in [0.2, 0.25) is 0 Å². The van der Waals surface area contributed by atoms with Crippen molar-refractivity contribution in [1.29, 1.82) is 0 Å². The number of hydrogen-bond donors (Lipinski definition) is 2. The number of Topliss-reactive ketones (excluding diaryl/α,β-unsaturated/α-hetero) is 1. The number of ketones is 1. The third kappa shape index (κ3) is 8.82. The summed E-state index contributed by atoms with van der Waals surface area (Å²) in [4.78, 5) is 13.4. The average Bonchev–Trinajstić information content (AvgIpc) is 3.80. The molecule has 0 aromatic rings. The number of methoxy groups -OCH3 is 4. The second-order valence-electron chi connectivity index (χ2n) is 21.3. The molecule has 1 spiro atoms. The van der Waals surface area contributed by atoms with Crippen LogP contribution >= 0.6 is 0 Å². The summed E-state index contributed by atoms with van der Waals surface area (Å²) >= 11 is 0. The number of carbonyl (C=O) groups is 1. The lowest BCUT2D eigenvalue weighted by atomic mass is 9.55. The second-order valence-corrected chi connectivity index (χ2v) is 21.3. The van der Waals surface area contributed by atoms with Crippen LogP contribution in [0.5, 0.6) is 0 Å². The van der Waals surface area contributed by atoms with Crippen LogP contribution in [0.15, 0.2) is 11.6 Å². The van der Waals surface area contributed by atoms with Gasteiger partial charge in [-0.1, -0.05) is 18.6 Å². The van der Waals surface area contributed by atoms with Crippen molar-refractivity contribution in [2.45, 2.75) is 241 Å². The molecule has 9 aliphatic rings. The summed E-state index contributed by atoms with van der Waals surface area (Å²) in [5.74, 6) is -0.347. The maximum Gasteiger partial charge on any atom is 0.176 e. The second kappa shape index (κ2) is 19.4. The fourth-order valence-electron chi connectivity index (χ4n) is 13.8. The van der Waals surface area contributed by atoms with Crippen LogP contribution in [0.1, 0.15) is 113 Å². The molecule has 3 aliphatic carbocycles. The van der Waals surface area contributed by atoms with E-state index in [1.165, 1.54) is 5.57 Å². The van der Waals surface area contributed by atoms with Crippen LogP contribution in [0, 0.1) is 22.7 Å². The molecule has 6 aliphatic heterocycles. The summed E-state index contributed by atoms with van der Waals surface area (Å²) in [7, 11) is 6.53. The fraction of sp³-hybridized carbons (Fsp3) is 0.939. The molecule has 6 heterocycles. The molecule has 66 heavy (non-hydrogen) atoms. The van der Waals surface area contributed by atoms with Crippen molar-refractivity contribution in [3.05, 3.63) is 11.6 Å². The third-order valence-electron chi connectivity index (χ3n) is 17.6. The Bertz CT molecular complexity index is 1740. The number of aliphatic hydroxyl groups excluding tert-OH is 2. The maximum atomic E-state index is 13.4. The fourth-order valence-corrected chi connectivity index (χ4v) is 13.8.